The molecule has 2 heterocycles. The van der Waals surface area contributed by atoms with E-state index in [1.807, 2.05) is 30.3 Å². The lowest BCUT2D eigenvalue weighted by Crippen LogP contribution is -1.95. The van der Waals surface area contributed by atoms with Crippen molar-refractivity contribution >= 4 is 0 Å². The van der Waals surface area contributed by atoms with Crippen LogP contribution in [0.15, 0.2) is 53.4 Å². The number of rotatable bonds is 4. The van der Waals surface area contributed by atoms with Crippen LogP contribution in [0.5, 0.6) is 5.75 Å². The van der Waals surface area contributed by atoms with E-state index >= 15 is 0 Å². The highest BCUT2D eigenvalue weighted by atomic mass is 16.5. The Morgan fingerprint density at radius 2 is 2.00 bits per heavy atom. The van der Waals surface area contributed by atoms with Gasteiger partial charge in [0.2, 0.25) is 5.82 Å². The van der Waals surface area contributed by atoms with Gasteiger partial charge in [-0.25, -0.2) is 4.98 Å². The van der Waals surface area contributed by atoms with Gasteiger partial charge in [-0.05, 0) is 12.1 Å². The molecule has 0 saturated heterocycles. The molecular formula is C13H10N4O2. The molecule has 0 aliphatic heterocycles. The molecule has 3 rings (SSSR count). The van der Waals surface area contributed by atoms with Crippen molar-refractivity contribution in [2.24, 2.45) is 0 Å². The number of hydrogen-bond acceptors (Lipinski definition) is 6. The summed E-state index contributed by atoms with van der Waals surface area (Å²) in [5.41, 5.74) is 0.567. The van der Waals surface area contributed by atoms with Crippen LogP contribution in [0.25, 0.3) is 11.5 Å². The second kappa shape index (κ2) is 5.26. The number of ether oxygens (including phenoxy) is 1. The van der Waals surface area contributed by atoms with Gasteiger partial charge < -0.3 is 9.26 Å². The van der Waals surface area contributed by atoms with E-state index in [-0.39, 0.29) is 6.61 Å². The normalized spacial score (nSPS) is 10.3. The number of aromatic nitrogens is 4. The van der Waals surface area contributed by atoms with E-state index < -0.39 is 0 Å². The summed E-state index contributed by atoms with van der Waals surface area (Å²) in [5, 5.41) is 3.83. The van der Waals surface area contributed by atoms with Gasteiger partial charge in [0.25, 0.3) is 5.89 Å². The summed E-state index contributed by atoms with van der Waals surface area (Å²) in [7, 11) is 0. The summed E-state index contributed by atoms with van der Waals surface area (Å²) in [5.74, 6) is 1.55. The smallest absolute Gasteiger partial charge is 0.264 e. The quantitative estimate of drug-likeness (QED) is 0.709. The Hall–Kier alpha value is -2.76. The van der Waals surface area contributed by atoms with Gasteiger partial charge in [0.1, 0.15) is 11.4 Å². The van der Waals surface area contributed by atoms with Gasteiger partial charge in [-0.3, -0.25) is 4.98 Å². The molecule has 94 valence electrons. The fourth-order valence-electron chi connectivity index (χ4n) is 1.49. The Labute approximate surface area is 109 Å². The van der Waals surface area contributed by atoms with Crippen molar-refractivity contribution < 1.29 is 9.26 Å². The average molecular weight is 254 g/mol. The first-order chi connectivity index (χ1) is 9.42. The monoisotopic (exact) mass is 254 g/mol. The lowest BCUT2D eigenvalue weighted by atomic mass is 10.3. The van der Waals surface area contributed by atoms with Crippen molar-refractivity contribution in [3.63, 3.8) is 0 Å². The summed E-state index contributed by atoms with van der Waals surface area (Å²) < 4.78 is 10.6. The summed E-state index contributed by atoms with van der Waals surface area (Å²) in [4.78, 5) is 12.2. The maximum atomic E-state index is 5.51. The first-order valence-corrected chi connectivity index (χ1v) is 5.68. The van der Waals surface area contributed by atoms with E-state index in [0.29, 0.717) is 17.4 Å². The Bertz CT molecular complexity index is 640. The fourth-order valence-corrected chi connectivity index (χ4v) is 1.49. The second-order valence-electron chi connectivity index (χ2n) is 3.70. The molecule has 0 spiro atoms. The van der Waals surface area contributed by atoms with Crippen LogP contribution in [0, 0.1) is 0 Å². The minimum absolute atomic E-state index is 0.220. The Morgan fingerprint density at radius 1 is 1.11 bits per heavy atom. The molecule has 0 aliphatic rings. The molecule has 0 N–H and O–H groups in total. The number of nitrogens with zero attached hydrogens (tertiary/aromatic N) is 4. The number of hydrogen-bond donors (Lipinski definition) is 0. The van der Waals surface area contributed by atoms with Crippen molar-refractivity contribution in [2.75, 3.05) is 0 Å². The topological polar surface area (TPSA) is 73.9 Å². The first kappa shape index (κ1) is 11.3. The third-order valence-corrected chi connectivity index (χ3v) is 2.37. The SMILES string of the molecule is c1ccc(OCc2nc(-c3cnccn3)no2)cc1. The molecular weight excluding hydrogens is 244 g/mol. The molecule has 3 aromatic rings. The molecule has 1 aromatic carbocycles. The fraction of sp³-hybridized carbons (Fsp3) is 0.0769. The molecule has 2 aromatic heterocycles. The molecule has 0 aliphatic carbocycles. The average Bonchev–Trinajstić information content (AvgIpc) is 2.96. The van der Waals surface area contributed by atoms with Crippen LogP contribution in [-0.4, -0.2) is 20.1 Å². The molecule has 6 heteroatoms. The maximum Gasteiger partial charge on any atom is 0.264 e. The molecule has 19 heavy (non-hydrogen) atoms. The van der Waals surface area contributed by atoms with Crippen molar-refractivity contribution in [1.29, 1.82) is 0 Å². The van der Waals surface area contributed by atoms with Crippen LogP contribution >= 0.6 is 0 Å². The van der Waals surface area contributed by atoms with E-state index in [9.17, 15) is 0 Å². The molecule has 0 unspecified atom stereocenters. The van der Waals surface area contributed by atoms with E-state index in [0.717, 1.165) is 5.75 Å². The van der Waals surface area contributed by atoms with Gasteiger partial charge >= 0.3 is 0 Å². The molecule has 0 fully saturated rings. The summed E-state index contributed by atoms with van der Waals surface area (Å²) in [6.45, 7) is 0.220. The van der Waals surface area contributed by atoms with E-state index in [1.165, 1.54) is 0 Å². The molecule has 0 bridgehead atoms. The van der Waals surface area contributed by atoms with Crippen LogP contribution in [0.2, 0.25) is 0 Å². The summed E-state index contributed by atoms with van der Waals surface area (Å²) in [6.07, 6.45) is 4.74. The number of benzene rings is 1. The van der Waals surface area contributed by atoms with Crippen LogP contribution in [0.4, 0.5) is 0 Å². The third-order valence-electron chi connectivity index (χ3n) is 2.37. The van der Waals surface area contributed by atoms with Gasteiger partial charge in [-0.2, -0.15) is 4.98 Å². The predicted molar refractivity (Wildman–Crippen MR) is 66.1 cm³/mol. The summed E-state index contributed by atoms with van der Waals surface area (Å²) in [6, 6.07) is 9.44. The molecule has 0 saturated carbocycles. The van der Waals surface area contributed by atoms with Crippen molar-refractivity contribution in [3.8, 4) is 17.3 Å². The minimum Gasteiger partial charge on any atom is -0.484 e. The highest BCUT2D eigenvalue weighted by Gasteiger charge is 2.10. The van der Waals surface area contributed by atoms with Gasteiger partial charge in [0, 0.05) is 12.4 Å². The predicted octanol–water partition coefficient (Wildman–Crippen LogP) is 2.11. The maximum absolute atomic E-state index is 5.51. The van der Waals surface area contributed by atoms with Crippen molar-refractivity contribution in [3.05, 3.63) is 54.8 Å². The van der Waals surface area contributed by atoms with Crippen LogP contribution < -0.4 is 4.74 Å². The van der Waals surface area contributed by atoms with Gasteiger partial charge in [-0.1, -0.05) is 23.4 Å². The largest absolute Gasteiger partial charge is 0.484 e. The standard InChI is InChI=1S/C13H10N4O2/c1-2-4-10(5-3-1)18-9-12-16-13(17-19-12)11-8-14-6-7-15-11/h1-8H,9H2. The van der Waals surface area contributed by atoms with Crippen LogP contribution in [0.1, 0.15) is 5.89 Å². The molecule has 0 atom stereocenters. The Kier molecular flexibility index (Phi) is 3.14. The lowest BCUT2D eigenvalue weighted by Gasteiger charge is -2.00. The summed E-state index contributed by atoms with van der Waals surface area (Å²) >= 11 is 0. The lowest BCUT2D eigenvalue weighted by molar-refractivity contribution is 0.243. The molecule has 0 radical (unpaired) electrons. The Morgan fingerprint density at radius 3 is 2.79 bits per heavy atom. The highest BCUT2D eigenvalue weighted by molar-refractivity contribution is 5.45. The molecule has 6 nitrogen and oxygen atoms in total. The number of para-hydroxylation sites is 1. The van der Waals surface area contributed by atoms with Crippen molar-refractivity contribution in [2.45, 2.75) is 6.61 Å². The van der Waals surface area contributed by atoms with Crippen molar-refractivity contribution in [1.82, 2.24) is 20.1 Å². The Balaban J connectivity index is 1.69. The second-order valence-corrected chi connectivity index (χ2v) is 3.70. The molecule has 0 amide bonds. The van der Waals surface area contributed by atoms with E-state index in [1.54, 1.807) is 18.6 Å². The minimum atomic E-state index is 0.220. The zero-order chi connectivity index (χ0) is 12.9. The first-order valence-electron chi connectivity index (χ1n) is 5.68. The van der Waals surface area contributed by atoms with E-state index in [2.05, 4.69) is 20.1 Å². The zero-order valence-corrected chi connectivity index (χ0v) is 9.93. The van der Waals surface area contributed by atoms with Gasteiger partial charge in [-0.15, -0.1) is 0 Å². The van der Waals surface area contributed by atoms with E-state index in [4.69, 9.17) is 9.26 Å². The zero-order valence-electron chi connectivity index (χ0n) is 9.93. The van der Waals surface area contributed by atoms with Crippen LogP contribution in [-0.2, 0) is 6.61 Å². The van der Waals surface area contributed by atoms with Gasteiger partial charge in [0.05, 0.1) is 6.20 Å². The van der Waals surface area contributed by atoms with Gasteiger partial charge in [0.15, 0.2) is 6.61 Å². The highest BCUT2D eigenvalue weighted by Crippen LogP contribution is 2.13. The van der Waals surface area contributed by atoms with Crippen LogP contribution in [0.3, 0.4) is 0 Å². The third kappa shape index (κ3) is 2.74.